The minimum atomic E-state index is -3.28. The first-order valence-corrected chi connectivity index (χ1v) is 10.8. The molecule has 0 aliphatic carbocycles. The zero-order chi connectivity index (χ0) is 21.4. The van der Waals surface area contributed by atoms with Gasteiger partial charge in [0.1, 0.15) is 0 Å². The van der Waals surface area contributed by atoms with Gasteiger partial charge in [-0.1, -0.05) is 12.1 Å². The third kappa shape index (κ3) is 7.14. The van der Waals surface area contributed by atoms with Crippen LogP contribution in [0, 0.1) is 0 Å². The first-order valence-electron chi connectivity index (χ1n) is 8.93. The van der Waals surface area contributed by atoms with Gasteiger partial charge in [-0.3, -0.25) is 0 Å². The Morgan fingerprint density at radius 1 is 1.25 bits per heavy atom. The lowest BCUT2D eigenvalue weighted by Gasteiger charge is -2.24. The van der Waals surface area contributed by atoms with E-state index in [9.17, 15) is 17.2 Å². The molecule has 1 rings (SSSR count). The fourth-order valence-electron chi connectivity index (χ4n) is 2.11. The van der Waals surface area contributed by atoms with E-state index in [4.69, 9.17) is 4.74 Å². The molecule has 0 atom stereocenters. The molecule has 0 saturated carbocycles. The van der Waals surface area contributed by atoms with Crippen LogP contribution in [-0.4, -0.2) is 51.7 Å². The number of alkyl halides is 2. The minimum Gasteiger partial charge on any atom is -0.490 e. The molecule has 0 aliphatic rings. The highest BCUT2D eigenvalue weighted by atomic mass is 32.2. The predicted octanol–water partition coefficient (Wildman–Crippen LogP) is 2.57. The molecule has 0 radical (unpaired) electrons. The van der Waals surface area contributed by atoms with E-state index >= 15 is 0 Å². The molecule has 10 heteroatoms. The van der Waals surface area contributed by atoms with E-state index in [2.05, 4.69) is 20.4 Å². The Morgan fingerprint density at radius 2 is 1.93 bits per heavy atom. The smallest absolute Gasteiger partial charge is 0.387 e. The van der Waals surface area contributed by atoms with Gasteiger partial charge in [-0.15, -0.1) is 0 Å². The van der Waals surface area contributed by atoms with Crippen molar-refractivity contribution in [1.82, 2.24) is 10.6 Å². The SMILES string of the molecule is CCNC(=NCc1cccc(OCC)c1OC(F)F)NCC(C)(C)S(C)(=O)=O. The van der Waals surface area contributed by atoms with Crippen LogP contribution in [0.2, 0.25) is 0 Å². The van der Waals surface area contributed by atoms with Gasteiger partial charge in [0.25, 0.3) is 0 Å². The quantitative estimate of drug-likeness (QED) is 0.446. The van der Waals surface area contributed by atoms with Gasteiger partial charge >= 0.3 is 6.61 Å². The number of guanidine groups is 1. The molecule has 0 fully saturated rings. The lowest BCUT2D eigenvalue weighted by molar-refractivity contribution is -0.0520. The number of nitrogens with one attached hydrogen (secondary N) is 2. The molecule has 160 valence electrons. The highest BCUT2D eigenvalue weighted by molar-refractivity contribution is 7.92. The van der Waals surface area contributed by atoms with Crippen LogP contribution in [0.25, 0.3) is 0 Å². The molecule has 0 bridgehead atoms. The second kappa shape index (κ2) is 10.4. The number of halogens is 2. The van der Waals surface area contributed by atoms with Gasteiger partial charge in [0.15, 0.2) is 27.3 Å². The molecule has 0 unspecified atom stereocenters. The highest BCUT2D eigenvalue weighted by Crippen LogP contribution is 2.33. The molecule has 0 aromatic heterocycles. The Kier molecular flexibility index (Phi) is 8.93. The Bertz CT molecular complexity index is 768. The molecule has 0 aliphatic heterocycles. The summed E-state index contributed by atoms with van der Waals surface area (Å²) in [5.41, 5.74) is 0.422. The number of sulfone groups is 1. The number of benzene rings is 1. The summed E-state index contributed by atoms with van der Waals surface area (Å²) in [5.74, 6) is 0.520. The molecule has 0 heterocycles. The number of hydrogen-bond donors (Lipinski definition) is 2. The van der Waals surface area contributed by atoms with Crippen molar-refractivity contribution >= 4 is 15.8 Å². The van der Waals surface area contributed by atoms with Crippen molar-refractivity contribution in [3.8, 4) is 11.5 Å². The second-order valence-electron chi connectivity index (χ2n) is 6.64. The summed E-state index contributed by atoms with van der Waals surface area (Å²) in [6.07, 6.45) is 1.17. The molecule has 0 saturated heterocycles. The maximum absolute atomic E-state index is 12.8. The van der Waals surface area contributed by atoms with Crippen molar-refractivity contribution in [3.05, 3.63) is 23.8 Å². The van der Waals surface area contributed by atoms with Gasteiger partial charge in [-0.05, 0) is 33.8 Å². The number of rotatable bonds is 10. The summed E-state index contributed by atoms with van der Waals surface area (Å²) in [4.78, 5) is 4.36. The van der Waals surface area contributed by atoms with Crippen LogP contribution in [0.1, 0.15) is 33.3 Å². The number of ether oxygens (including phenoxy) is 2. The van der Waals surface area contributed by atoms with Gasteiger partial charge < -0.3 is 20.1 Å². The molecule has 28 heavy (non-hydrogen) atoms. The van der Waals surface area contributed by atoms with Gasteiger partial charge in [0.05, 0.1) is 17.9 Å². The molecular formula is C18H29F2N3O4S. The van der Waals surface area contributed by atoms with E-state index in [1.807, 2.05) is 6.92 Å². The average Bonchev–Trinajstić information content (AvgIpc) is 2.58. The summed E-state index contributed by atoms with van der Waals surface area (Å²) in [7, 11) is -3.28. The van der Waals surface area contributed by atoms with Gasteiger partial charge in [-0.25, -0.2) is 13.4 Å². The molecule has 1 aromatic carbocycles. The lowest BCUT2D eigenvalue weighted by Crippen LogP contribution is -2.47. The van der Waals surface area contributed by atoms with E-state index in [-0.39, 0.29) is 24.6 Å². The molecule has 0 spiro atoms. The summed E-state index contributed by atoms with van der Waals surface area (Å²) in [6, 6.07) is 4.83. The Morgan fingerprint density at radius 3 is 2.46 bits per heavy atom. The second-order valence-corrected chi connectivity index (χ2v) is 9.29. The fourth-order valence-corrected chi connectivity index (χ4v) is 2.45. The zero-order valence-electron chi connectivity index (χ0n) is 16.9. The topological polar surface area (TPSA) is 89.0 Å². The lowest BCUT2D eigenvalue weighted by atomic mass is 10.2. The van der Waals surface area contributed by atoms with Crippen molar-refractivity contribution in [2.75, 3.05) is 26.0 Å². The third-order valence-electron chi connectivity index (χ3n) is 4.00. The van der Waals surface area contributed by atoms with Crippen LogP contribution in [0.4, 0.5) is 8.78 Å². The fraction of sp³-hybridized carbons (Fsp3) is 0.611. The largest absolute Gasteiger partial charge is 0.490 e. The minimum absolute atomic E-state index is 0.0393. The van der Waals surface area contributed by atoms with E-state index in [1.165, 1.54) is 6.26 Å². The summed E-state index contributed by atoms with van der Waals surface area (Å²) in [5, 5.41) is 5.98. The normalized spacial score (nSPS) is 12.8. The predicted molar refractivity (Wildman–Crippen MR) is 106 cm³/mol. The summed E-state index contributed by atoms with van der Waals surface area (Å²) < 4.78 is 58.3. The third-order valence-corrected chi connectivity index (χ3v) is 6.16. The molecule has 7 nitrogen and oxygen atoms in total. The summed E-state index contributed by atoms with van der Waals surface area (Å²) >= 11 is 0. The standard InChI is InChI=1S/C18H29F2N3O4S/c1-6-21-17(23-12-18(3,4)28(5,24)25)22-11-13-9-8-10-14(26-7-2)15(13)27-16(19)20/h8-10,16H,6-7,11-12H2,1-5H3,(H2,21,22,23). The van der Waals surface area contributed by atoms with Crippen LogP contribution in [0.5, 0.6) is 11.5 Å². The van der Waals surface area contributed by atoms with Crippen molar-refractivity contribution < 1.29 is 26.7 Å². The van der Waals surface area contributed by atoms with Crippen molar-refractivity contribution in [1.29, 1.82) is 0 Å². The van der Waals surface area contributed by atoms with E-state index in [0.29, 0.717) is 24.7 Å². The first-order chi connectivity index (χ1) is 13.0. The van der Waals surface area contributed by atoms with Crippen molar-refractivity contribution in [2.24, 2.45) is 4.99 Å². The Hall–Kier alpha value is -2.10. The molecule has 1 aromatic rings. The first kappa shape index (κ1) is 23.9. The van der Waals surface area contributed by atoms with Gasteiger partial charge in [0, 0.05) is 24.9 Å². The zero-order valence-corrected chi connectivity index (χ0v) is 17.7. The number of para-hydroxylation sites is 1. The maximum atomic E-state index is 12.8. The van der Waals surface area contributed by atoms with Gasteiger partial charge in [-0.2, -0.15) is 8.78 Å². The van der Waals surface area contributed by atoms with Gasteiger partial charge in [0.2, 0.25) is 0 Å². The Balaban J connectivity index is 3.05. The number of nitrogens with zero attached hydrogens (tertiary/aromatic N) is 1. The highest BCUT2D eigenvalue weighted by Gasteiger charge is 2.30. The van der Waals surface area contributed by atoms with Crippen LogP contribution < -0.4 is 20.1 Å². The average molecular weight is 422 g/mol. The van der Waals surface area contributed by atoms with Crippen LogP contribution in [0.3, 0.4) is 0 Å². The number of hydrogen-bond acceptors (Lipinski definition) is 5. The summed E-state index contributed by atoms with van der Waals surface area (Å²) in [6.45, 7) is 4.85. The van der Waals surface area contributed by atoms with E-state index in [0.717, 1.165) is 0 Å². The monoisotopic (exact) mass is 421 g/mol. The van der Waals surface area contributed by atoms with Crippen LogP contribution >= 0.6 is 0 Å². The van der Waals surface area contributed by atoms with E-state index < -0.39 is 21.2 Å². The molecule has 0 amide bonds. The number of aliphatic imine (C=N–C) groups is 1. The van der Waals surface area contributed by atoms with Crippen molar-refractivity contribution in [2.45, 2.75) is 45.6 Å². The maximum Gasteiger partial charge on any atom is 0.387 e. The Labute approximate surface area is 165 Å². The van der Waals surface area contributed by atoms with Crippen LogP contribution in [-0.2, 0) is 16.4 Å². The molecular weight excluding hydrogens is 392 g/mol. The molecule has 2 N–H and O–H groups in total. The van der Waals surface area contributed by atoms with Crippen LogP contribution in [0.15, 0.2) is 23.2 Å². The van der Waals surface area contributed by atoms with Crippen molar-refractivity contribution in [3.63, 3.8) is 0 Å². The van der Waals surface area contributed by atoms with E-state index in [1.54, 1.807) is 39.0 Å².